The van der Waals surface area contributed by atoms with Crippen molar-refractivity contribution >= 4 is 29.6 Å². The van der Waals surface area contributed by atoms with Gasteiger partial charge in [0, 0.05) is 12.1 Å². The van der Waals surface area contributed by atoms with Crippen LogP contribution >= 0.6 is 0 Å². The Morgan fingerprint density at radius 1 is 0.971 bits per heavy atom. The Bertz CT molecular complexity index is 859. The van der Waals surface area contributed by atoms with Gasteiger partial charge in [-0.2, -0.15) is 0 Å². The third-order valence-electron chi connectivity index (χ3n) is 4.45. The summed E-state index contributed by atoms with van der Waals surface area (Å²) in [7, 11) is 0. The SMILES string of the molecule is CCOC(=O)[C@@H](CCC(=O)OC(C)(C)C)NC(=O)[C@@H](NC(=O)Nc1ccc(F)cc1)C(C)(C)C. The molecular formula is C24H36FN3O6. The molecule has 0 aliphatic carbocycles. The molecule has 0 saturated carbocycles. The highest BCUT2D eigenvalue weighted by molar-refractivity contribution is 5.95. The smallest absolute Gasteiger partial charge is 0.328 e. The van der Waals surface area contributed by atoms with E-state index in [1.807, 2.05) is 0 Å². The van der Waals surface area contributed by atoms with Crippen molar-refractivity contribution in [2.45, 2.75) is 79.0 Å². The van der Waals surface area contributed by atoms with Gasteiger partial charge >= 0.3 is 18.0 Å². The number of urea groups is 1. The first-order chi connectivity index (χ1) is 15.6. The van der Waals surface area contributed by atoms with Gasteiger partial charge < -0.3 is 25.4 Å². The van der Waals surface area contributed by atoms with Gasteiger partial charge in [0.25, 0.3) is 0 Å². The molecule has 10 heteroatoms. The van der Waals surface area contributed by atoms with Gasteiger partial charge in [-0.05, 0) is 63.8 Å². The fourth-order valence-electron chi connectivity index (χ4n) is 2.91. The topological polar surface area (TPSA) is 123 Å². The summed E-state index contributed by atoms with van der Waals surface area (Å²) < 4.78 is 23.4. The quantitative estimate of drug-likeness (QED) is 0.464. The van der Waals surface area contributed by atoms with Crippen molar-refractivity contribution in [2.75, 3.05) is 11.9 Å². The lowest BCUT2D eigenvalue weighted by atomic mass is 9.86. The van der Waals surface area contributed by atoms with Crippen molar-refractivity contribution in [3.05, 3.63) is 30.1 Å². The number of halogens is 1. The van der Waals surface area contributed by atoms with E-state index in [-0.39, 0.29) is 19.4 Å². The molecule has 0 radical (unpaired) electrons. The Hall–Kier alpha value is -3.17. The Labute approximate surface area is 200 Å². The molecule has 1 rings (SSSR count). The fraction of sp³-hybridized carbons (Fsp3) is 0.583. The number of hydrogen-bond donors (Lipinski definition) is 3. The number of nitrogens with one attached hydrogen (secondary N) is 3. The van der Waals surface area contributed by atoms with E-state index in [0.717, 1.165) is 0 Å². The number of esters is 2. The van der Waals surface area contributed by atoms with Crippen LogP contribution in [0.25, 0.3) is 0 Å². The predicted molar refractivity (Wildman–Crippen MR) is 125 cm³/mol. The highest BCUT2D eigenvalue weighted by Gasteiger charge is 2.35. The maximum absolute atomic E-state index is 13.1. The number of amides is 3. The summed E-state index contributed by atoms with van der Waals surface area (Å²) in [4.78, 5) is 50.1. The predicted octanol–water partition coefficient (Wildman–Crippen LogP) is 3.53. The van der Waals surface area contributed by atoms with E-state index in [4.69, 9.17) is 9.47 Å². The van der Waals surface area contributed by atoms with Crippen molar-refractivity contribution < 1.29 is 33.0 Å². The highest BCUT2D eigenvalue weighted by Crippen LogP contribution is 2.20. The molecule has 0 aliphatic rings. The molecule has 1 aromatic rings. The first-order valence-corrected chi connectivity index (χ1v) is 11.1. The van der Waals surface area contributed by atoms with E-state index in [0.29, 0.717) is 5.69 Å². The number of rotatable bonds is 9. The molecule has 34 heavy (non-hydrogen) atoms. The first-order valence-electron chi connectivity index (χ1n) is 11.1. The summed E-state index contributed by atoms with van der Waals surface area (Å²) in [6.45, 7) is 12.1. The lowest BCUT2D eigenvalue weighted by Gasteiger charge is -2.31. The number of ether oxygens (including phenoxy) is 2. The summed E-state index contributed by atoms with van der Waals surface area (Å²) in [6.07, 6.45) is -0.141. The van der Waals surface area contributed by atoms with Gasteiger partial charge in [-0.1, -0.05) is 20.8 Å². The molecule has 0 heterocycles. The largest absolute Gasteiger partial charge is 0.464 e. The van der Waals surface area contributed by atoms with Crippen LogP contribution in [0.5, 0.6) is 0 Å². The average Bonchev–Trinajstić information content (AvgIpc) is 2.68. The van der Waals surface area contributed by atoms with Gasteiger partial charge in [-0.15, -0.1) is 0 Å². The van der Waals surface area contributed by atoms with Crippen LogP contribution < -0.4 is 16.0 Å². The number of carbonyl (C=O) groups excluding carboxylic acids is 4. The summed E-state index contributed by atoms with van der Waals surface area (Å²) in [5.41, 5.74) is -1.07. The maximum Gasteiger partial charge on any atom is 0.328 e. The van der Waals surface area contributed by atoms with Crippen molar-refractivity contribution in [2.24, 2.45) is 5.41 Å². The number of hydrogen-bond acceptors (Lipinski definition) is 6. The van der Waals surface area contributed by atoms with Gasteiger partial charge in [0.2, 0.25) is 5.91 Å². The zero-order valence-electron chi connectivity index (χ0n) is 20.9. The molecular weight excluding hydrogens is 445 g/mol. The lowest BCUT2D eigenvalue weighted by Crippen LogP contribution is -2.57. The lowest BCUT2D eigenvalue weighted by molar-refractivity contribution is -0.156. The third kappa shape index (κ3) is 10.6. The molecule has 0 aliphatic heterocycles. The van der Waals surface area contributed by atoms with Crippen LogP contribution in [0, 0.1) is 11.2 Å². The molecule has 0 unspecified atom stereocenters. The Morgan fingerprint density at radius 3 is 2.06 bits per heavy atom. The molecule has 0 aromatic heterocycles. The van der Waals surface area contributed by atoms with Crippen molar-refractivity contribution in [3.63, 3.8) is 0 Å². The van der Waals surface area contributed by atoms with Crippen LogP contribution in [0.2, 0.25) is 0 Å². The molecule has 190 valence electrons. The van der Waals surface area contributed by atoms with Gasteiger partial charge in [-0.25, -0.2) is 14.0 Å². The van der Waals surface area contributed by atoms with E-state index >= 15 is 0 Å². The van der Waals surface area contributed by atoms with Gasteiger partial charge in [0.15, 0.2) is 0 Å². The van der Waals surface area contributed by atoms with E-state index in [2.05, 4.69) is 16.0 Å². The van der Waals surface area contributed by atoms with E-state index < -0.39 is 52.8 Å². The van der Waals surface area contributed by atoms with E-state index in [1.165, 1.54) is 24.3 Å². The number of carbonyl (C=O) groups is 4. The molecule has 0 spiro atoms. The van der Waals surface area contributed by atoms with Gasteiger partial charge in [0.1, 0.15) is 23.5 Å². The molecule has 2 atom stereocenters. The fourth-order valence-corrected chi connectivity index (χ4v) is 2.91. The molecule has 0 fully saturated rings. The van der Waals surface area contributed by atoms with Crippen molar-refractivity contribution in [1.29, 1.82) is 0 Å². The normalized spacial score (nSPS) is 13.3. The molecule has 0 bridgehead atoms. The van der Waals surface area contributed by atoms with Crippen LogP contribution in [-0.2, 0) is 23.9 Å². The summed E-state index contributed by atoms with van der Waals surface area (Å²) >= 11 is 0. The molecule has 3 N–H and O–H groups in total. The zero-order valence-corrected chi connectivity index (χ0v) is 20.9. The second-order valence-electron chi connectivity index (χ2n) is 9.84. The third-order valence-corrected chi connectivity index (χ3v) is 4.45. The minimum atomic E-state index is -1.10. The van der Waals surface area contributed by atoms with Gasteiger partial charge in [0.05, 0.1) is 6.61 Å². The van der Waals surface area contributed by atoms with E-state index in [9.17, 15) is 23.6 Å². The van der Waals surface area contributed by atoms with Crippen LogP contribution in [0.4, 0.5) is 14.9 Å². The number of anilines is 1. The Balaban J connectivity index is 2.91. The second kappa shape index (κ2) is 12.3. The Kier molecular flexibility index (Phi) is 10.5. The molecule has 3 amide bonds. The Morgan fingerprint density at radius 2 is 1.56 bits per heavy atom. The summed E-state index contributed by atoms with van der Waals surface area (Å²) in [6, 6.07) is 2.33. The summed E-state index contributed by atoms with van der Waals surface area (Å²) in [5, 5.41) is 7.72. The van der Waals surface area contributed by atoms with Crippen LogP contribution in [0.3, 0.4) is 0 Å². The molecule has 1 aromatic carbocycles. The minimum Gasteiger partial charge on any atom is -0.464 e. The average molecular weight is 482 g/mol. The summed E-state index contributed by atoms with van der Waals surface area (Å²) in [5.74, 6) is -2.28. The number of benzene rings is 1. The van der Waals surface area contributed by atoms with Crippen molar-refractivity contribution in [1.82, 2.24) is 10.6 Å². The first kappa shape index (κ1) is 28.9. The van der Waals surface area contributed by atoms with Crippen LogP contribution in [0.15, 0.2) is 24.3 Å². The molecule has 0 saturated heterocycles. The monoisotopic (exact) mass is 481 g/mol. The highest BCUT2D eigenvalue weighted by atomic mass is 19.1. The van der Waals surface area contributed by atoms with E-state index in [1.54, 1.807) is 48.5 Å². The second-order valence-corrected chi connectivity index (χ2v) is 9.84. The minimum absolute atomic E-state index is 0.0296. The van der Waals surface area contributed by atoms with Crippen molar-refractivity contribution in [3.8, 4) is 0 Å². The van der Waals surface area contributed by atoms with Gasteiger partial charge in [-0.3, -0.25) is 9.59 Å². The standard InChI is InChI=1S/C24H36FN3O6/c1-8-33-21(31)17(13-14-18(29)34-24(5,6)7)27-20(30)19(23(2,3)4)28-22(32)26-16-11-9-15(25)10-12-16/h9-12,17,19H,8,13-14H2,1-7H3,(H,27,30)(H2,26,28,32)/t17-,19-/m1/s1. The zero-order chi connectivity index (χ0) is 26.1. The van der Waals surface area contributed by atoms with Crippen LogP contribution in [0.1, 0.15) is 61.3 Å². The molecule has 9 nitrogen and oxygen atoms in total. The van der Waals surface area contributed by atoms with Crippen LogP contribution in [-0.4, -0.2) is 48.2 Å². The maximum atomic E-state index is 13.1.